The molecule has 290 valence electrons. The molecule has 0 aromatic heterocycles. The summed E-state index contributed by atoms with van der Waals surface area (Å²) in [6, 6.07) is -0.759. The van der Waals surface area contributed by atoms with Crippen LogP contribution in [0.3, 0.4) is 0 Å². The van der Waals surface area contributed by atoms with Gasteiger partial charge in [-0.3, -0.25) is 9.59 Å². The van der Waals surface area contributed by atoms with Crippen LogP contribution >= 0.6 is 0 Å². The van der Waals surface area contributed by atoms with Gasteiger partial charge in [-0.2, -0.15) is 0 Å². The molecule has 0 heterocycles. The lowest BCUT2D eigenvalue weighted by atomic mass is 10.0. The van der Waals surface area contributed by atoms with Gasteiger partial charge < -0.3 is 20.3 Å². The Kier molecular flexibility index (Phi) is 35.7. The van der Waals surface area contributed by atoms with Gasteiger partial charge in [-0.25, -0.2) is 0 Å². The number of ether oxygens (including phenoxy) is 1. The summed E-state index contributed by atoms with van der Waals surface area (Å²) in [7, 11) is 0. The van der Waals surface area contributed by atoms with Crippen molar-refractivity contribution < 1.29 is 24.5 Å². The highest BCUT2D eigenvalue weighted by Gasteiger charge is 2.23. The summed E-state index contributed by atoms with van der Waals surface area (Å²) in [5.41, 5.74) is 0. The van der Waals surface area contributed by atoms with Gasteiger partial charge in [0.05, 0.1) is 25.2 Å². The molecule has 0 saturated carbocycles. The monoisotopic (exact) mass is 718 g/mol. The van der Waals surface area contributed by atoms with Gasteiger partial charge in [0.25, 0.3) is 0 Å². The molecular formula is C46H71NO5. The number of carbonyl (C=O) groups excluding carboxylic acids is 2. The molecule has 3 unspecified atom stereocenters. The van der Waals surface area contributed by atoms with Crippen molar-refractivity contribution in [3.63, 3.8) is 0 Å². The van der Waals surface area contributed by atoms with Gasteiger partial charge in [-0.1, -0.05) is 200 Å². The molecule has 0 bridgehead atoms. The van der Waals surface area contributed by atoms with E-state index in [0.717, 1.165) is 38.5 Å². The number of aliphatic hydroxyl groups excluding tert-OH is 2. The van der Waals surface area contributed by atoms with E-state index < -0.39 is 18.2 Å². The molecule has 6 nitrogen and oxygen atoms in total. The average Bonchev–Trinajstić information content (AvgIpc) is 3.13. The number of hydrogen-bond acceptors (Lipinski definition) is 5. The molecule has 0 aliphatic rings. The number of hydrogen-bond donors (Lipinski definition) is 3. The topological polar surface area (TPSA) is 95.9 Å². The highest BCUT2D eigenvalue weighted by atomic mass is 16.5. The summed E-state index contributed by atoms with van der Waals surface area (Å²) in [6.45, 7) is 6.06. The molecule has 3 atom stereocenters. The normalized spacial score (nSPS) is 14.8. The Labute approximate surface area is 317 Å². The fraction of sp³-hybridized carbons (Fsp3) is 0.522. The van der Waals surface area contributed by atoms with Crippen LogP contribution in [0.4, 0.5) is 0 Å². The molecular weight excluding hydrogens is 647 g/mol. The lowest BCUT2D eigenvalue weighted by molar-refractivity contribution is -0.150. The van der Waals surface area contributed by atoms with E-state index >= 15 is 0 Å². The predicted molar refractivity (Wildman–Crippen MR) is 222 cm³/mol. The smallest absolute Gasteiger partial charge is 0.306 e. The number of nitrogens with one attached hydrogen (secondary N) is 1. The third-order valence-electron chi connectivity index (χ3n) is 8.04. The Bertz CT molecular complexity index is 1170. The largest absolute Gasteiger partial charge is 0.461 e. The number of aliphatic hydroxyl groups is 2. The fourth-order valence-corrected chi connectivity index (χ4v) is 5.07. The van der Waals surface area contributed by atoms with E-state index in [4.69, 9.17) is 4.74 Å². The molecule has 0 aliphatic heterocycles. The van der Waals surface area contributed by atoms with Gasteiger partial charge >= 0.3 is 5.97 Å². The van der Waals surface area contributed by atoms with Crippen molar-refractivity contribution in [3.8, 4) is 0 Å². The molecule has 1 amide bonds. The van der Waals surface area contributed by atoms with E-state index in [1.165, 1.54) is 38.5 Å². The SMILES string of the molecule is CC/C=C/C=C/C=C\C=C/C=C/CCCC(=O)OC(C/C=C/C=C\C=C/C=C/C=C/CC)CC(=O)NC(CO)C(O)CCCCCCCCCCC. The first-order valence-electron chi connectivity index (χ1n) is 19.9. The molecule has 0 spiro atoms. The van der Waals surface area contributed by atoms with E-state index in [1.54, 1.807) is 0 Å². The zero-order valence-corrected chi connectivity index (χ0v) is 32.6. The lowest BCUT2D eigenvalue weighted by Crippen LogP contribution is -2.46. The number of carbonyl (C=O) groups is 2. The fourth-order valence-electron chi connectivity index (χ4n) is 5.07. The van der Waals surface area contributed by atoms with Crippen LogP contribution in [0.15, 0.2) is 122 Å². The van der Waals surface area contributed by atoms with Gasteiger partial charge in [0, 0.05) is 12.8 Å². The van der Waals surface area contributed by atoms with Gasteiger partial charge in [-0.15, -0.1) is 0 Å². The number of allylic oxidation sites excluding steroid dienone is 19. The van der Waals surface area contributed by atoms with Crippen molar-refractivity contribution in [1.29, 1.82) is 0 Å². The second kappa shape index (κ2) is 38.5. The Morgan fingerprint density at radius 1 is 0.596 bits per heavy atom. The first-order valence-corrected chi connectivity index (χ1v) is 19.9. The lowest BCUT2D eigenvalue weighted by Gasteiger charge is -2.24. The van der Waals surface area contributed by atoms with E-state index in [1.807, 2.05) is 109 Å². The quantitative estimate of drug-likeness (QED) is 0.0366. The molecule has 0 aliphatic carbocycles. The maximum Gasteiger partial charge on any atom is 0.306 e. The van der Waals surface area contributed by atoms with Crippen LogP contribution in [-0.2, 0) is 14.3 Å². The van der Waals surface area contributed by atoms with Crippen LogP contribution in [0.5, 0.6) is 0 Å². The van der Waals surface area contributed by atoms with E-state index in [-0.39, 0.29) is 31.3 Å². The van der Waals surface area contributed by atoms with E-state index in [2.05, 4.69) is 38.2 Å². The van der Waals surface area contributed by atoms with Crippen LogP contribution < -0.4 is 5.32 Å². The number of unbranched alkanes of at least 4 members (excludes halogenated alkanes) is 9. The van der Waals surface area contributed by atoms with Crippen LogP contribution in [0.25, 0.3) is 0 Å². The van der Waals surface area contributed by atoms with Crippen LogP contribution in [0, 0.1) is 0 Å². The average molecular weight is 718 g/mol. The van der Waals surface area contributed by atoms with Gasteiger partial charge in [0.15, 0.2) is 0 Å². The molecule has 0 aromatic rings. The zero-order chi connectivity index (χ0) is 38.2. The predicted octanol–water partition coefficient (Wildman–Crippen LogP) is 11.0. The highest BCUT2D eigenvalue weighted by molar-refractivity contribution is 5.77. The van der Waals surface area contributed by atoms with Crippen molar-refractivity contribution in [3.05, 3.63) is 122 Å². The summed E-state index contributed by atoms with van der Waals surface area (Å²) in [4.78, 5) is 25.7. The zero-order valence-electron chi connectivity index (χ0n) is 32.6. The third kappa shape index (κ3) is 33.4. The molecule has 6 heteroatoms. The van der Waals surface area contributed by atoms with Crippen molar-refractivity contribution in [2.75, 3.05) is 6.61 Å². The summed E-state index contributed by atoms with van der Waals surface area (Å²) in [6.07, 6.45) is 52.9. The van der Waals surface area contributed by atoms with Crippen molar-refractivity contribution >= 4 is 11.9 Å². The summed E-state index contributed by atoms with van der Waals surface area (Å²) >= 11 is 0. The number of amides is 1. The first kappa shape index (κ1) is 48.3. The minimum absolute atomic E-state index is 0.0562. The van der Waals surface area contributed by atoms with Crippen LogP contribution in [0.2, 0.25) is 0 Å². The van der Waals surface area contributed by atoms with Crippen molar-refractivity contribution in [2.45, 2.75) is 148 Å². The minimum atomic E-state index is -0.834. The highest BCUT2D eigenvalue weighted by Crippen LogP contribution is 2.14. The Morgan fingerprint density at radius 2 is 1.06 bits per heavy atom. The van der Waals surface area contributed by atoms with Gasteiger partial charge in [0.2, 0.25) is 5.91 Å². The molecule has 0 rings (SSSR count). The summed E-state index contributed by atoms with van der Waals surface area (Å²) < 4.78 is 5.74. The molecule has 0 fully saturated rings. The van der Waals surface area contributed by atoms with E-state index in [9.17, 15) is 19.8 Å². The molecule has 0 aromatic carbocycles. The maximum absolute atomic E-state index is 13.0. The molecule has 0 saturated heterocycles. The summed E-state index contributed by atoms with van der Waals surface area (Å²) in [5, 5.41) is 23.4. The minimum Gasteiger partial charge on any atom is -0.461 e. The maximum atomic E-state index is 13.0. The molecule has 3 N–H and O–H groups in total. The number of esters is 1. The Balaban J connectivity index is 4.97. The second-order valence-electron chi connectivity index (χ2n) is 12.8. The van der Waals surface area contributed by atoms with Crippen LogP contribution in [-0.4, -0.2) is 46.9 Å². The van der Waals surface area contributed by atoms with Gasteiger partial charge in [-0.05, 0) is 32.1 Å². The van der Waals surface area contributed by atoms with Crippen LogP contribution in [0.1, 0.15) is 130 Å². The Morgan fingerprint density at radius 3 is 1.56 bits per heavy atom. The molecule has 0 radical (unpaired) electrons. The number of rotatable bonds is 32. The van der Waals surface area contributed by atoms with Gasteiger partial charge in [0.1, 0.15) is 6.10 Å². The summed E-state index contributed by atoms with van der Waals surface area (Å²) in [5.74, 6) is -0.719. The molecule has 52 heavy (non-hydrogen) atoms. The Hall–Kier alpha value is -3.74. The van der Waals surface area contributed by atoms with Crippen molar-refractivity contribution in [1.82, 2.24) is 5.32 Å². The van der Waals surface area contributed by atoms with Crippen molar-refractivity contribution in [2.24, 2.45) is 0 Å². The van der Waals surface area contributed by atoms with E-state index in [0.29, 0.717) is 19.3 Å². The standard InChI is InChI=1S/C46H71NO5/c1-4-7-10-13-16-19-21-22-24-27-30-33-36-39-46(51)52-42(37-34-31-28-26-23-20-17-14-11-8-5-2)40-45(50)47-43(41-48)44(49)38-35-32-29-25-18-15-12-9-6-3/h7-8,10-11,13-14,16-17,19-24,26-28,30-31,34,42-44,48-49H,4-6,9,12,15,18,25,29,32-33,35-41H2,1-3H3,(H,47,50)/b10-7+,11-8+,16-13+,17-14+,21-19-,23-20-,24-22-,28-26-,30-27+,34-31+. The third-order valence-corrected chi connectivity index (χ3v) is 8.04. The second-order valence-corrected chi connectivity index (χ2v) is 12.8. The first-order chi connectivity index (χ1) is 25.5.